The lowest BCUT2D eigenvalue weighted by atomic mass is 9.69. The molecular weight excluding hydrogens is 261 g/mol. The Labute approximate surface area is 126 Å². The Morgan fingerprint density at radius 1 is 1.05 bits per heavy atom. The summed E-state index contributed by atoms with van der Waals surface area (Å²) < 4.78 is 14.2. The molecule has 0 unspecified atom stereocenters. The van der Waals surface area contributed by atoms with E-state index in [1.54, 1.807) is 12.1 Å². The van der Waals surface area contributed by atoms with Crippen molar-refractivity contribution in [3.05, 3.63) is 70.0 Å². The van der Waals surface area contributed by atoms with Crippen LogP contribution in [-0.4, -0.2) is 13.1 Å². The van der Waals surface area contributed by atoms with E-state index in [0.717, 1.165) is 25.1 Å². The number of hydrogen-bond donors (Lipinski definition) is 1. The molecule has 3 rings (SSSR count). The molecular formula is C19H22FN. The van der Waals surface area contributed by atoms with Crippen LogP contribution in [0, 0.1) is 26.6 Å². The fourth-order valence-corrected chi connectivity index (χ4v) is 3.56. The topological polar surface area (TPSA) is 12.0 Å². The third-order valence-electron chi connectivity index (χ3n) is 4.73. The van der Waals surface area contributed by atoms with Crippen LogP contribution in [0.2, 0.25) is 0 Å². The van der Waals surface area contributed by atoms with Gasteiger partial charge in [0.15, 0.2) is 0 Å². The summed E-state index contributed by atoms with van der Waals surface area (Å²) in [6.45, 7) is 8.15. The van der Waals surface area contributed by atoms with Crippen molar-refractivity contribution >= 4 is 0 Å². The zero-order valence-electron chi connectivity index (χ0n) is 13.0. The molecule has 0 amide bonds. The molecule has 2 aromatic rings. The van der Waals surface area contributed by atoms with Gasteiger partial charge in [0.05, 0.1) is 0 Å². The maximum absolute atomic E-state index is 14.2. The van der Waals surface area contributed by atoms with Gasteiger partial charge in [-0.3, -0.25) is 0 Å². The first-order valence-electron chi connectivity index (χ1n) is 7.54. The van der Waals surface area contributed by atoms with Crippen LogP contribution in [0.3, 0.4) is 0 Å². The molecule has 1 aliphatic rings. The van der Waals surface area contributed by atoms with E-state index >= 15 is 0 Å². The van der Waals surface area contributed by atoms with Crippen LogP contribution >= 0.6 is 0 Å². The van der Waals surface area contributed by atoms with Crippen molar-refractivity contribution in [1.82, 2.24) is 5.32 Å². The number of nitrogens with one attached hydrogen (secondary N) is 1. The molecule has 1 heterocycles. The van der Waals surface area contributed by atoms with Gasteiger partial charge in [0, 0.05) is 18.5 Å². The maximum atomic E-state index is 14.2. The Kier molecular flexibility index (Phi) is 3.58. The second-order valence-corrected chi connectivity index (χ2v) is 6.42. The zero-order chi connectivity index (χ0) is 15.0. The van der Waals surface area contributed by atoms with E-state index in [9.17, 15) is 4.39 Å². The van der Waals surface area contributed by atoms with Crippen molar-refractivity contribution in [3.63, 3.8) is 0 Å². The third-order valence-corrected chi connectivity index (χ3v) is 4.73. The fourth-order valence-electron chi connectivity index (χ4n) is 3.56. The van der Waals surface area contributed by atoms with Crippen LogP contribution < -0.4 is 5.32 Å². The molecule has 0 atom stereocenters. The summed E-state index contributed by atoms with van der Waals surface area (Å²) in [4.78, 5) is 0. The summed E-state index contributed by atoms with van der Waals surface area (Å²) >= 11 is 0. The second kappa shape index (κ2) is 5.27. The molecule has 2 heteroatoms. The standard InChI is InChI=1S/C19H22FN/c1-13-8-14(2)16(15(3)9-13)10-19(11-21-12-19)17-6-4-5-7-18(17)20/h4-9,21H,10-12H2,1-3H3. The van der Waals surface area contributed by atoms with Crippen molar-refractivity contribution in [1.29, 1.82) is 0 Å². The highest BCUT2D eigenvalue weighted by molar-refractivity contribution is 5.42. The monoisotopic (exact) mass is 283 g/mol. The van der Waals surface area contributed by atoms with Gasteiger partial charge in [-0.25, -0.2) is 4.39 Å². The number of halogens is 1. The van der Waals surface area contributed by atoms with Crippen molar-refractivity contribution in [2.75, 3.05) is 13.1 Å². The van der Waals surface area contributed by atoms with Crippen LogP contribution in [-0.2, 0) is 11.8 Å². The smallest absolute Gasteiger partial charge is 0.127 e. The minimum atomic E-state index is -0.101. The zero-order valence-corrected chi connectivity index (χ0v) is 13.0. The average molecular weight is 283 g/mol. The van der Waals surface area contributed by atoms with E-state index in [1.807, 2.05) is 12.1 Å². The molecule has 110 valence electrons. The molecule has 0 saturated carbocycles. The van der Waals surface area contributed by atoms with E-state index < -0.39 is 0 Å². The SMILES string of the molecule is Cc1cc(C)c(CC2(c3ccccc3F)CNC2)c(C)c1. The highest BCUT2D eigenvalue weighted by Gasteiger charge is 2.41. The van der Waals surface area contributed by atoms with Gasteiger partial charge in [0.1, 0.15) is 5.82 Å². The van der Waals surface area contributed by atoms with E-state index in [2.05, 4.69) is 38.2 Å². The fraction of sp³-hybridized carbons (Fsp3) is 0.368. The summed E-state index contributed by atoms with van der Waals surface area (Å²) in [5.74, 6) is -0.0820. The molecule has 0 bridgehead atoms. The molecule has 1 N–H and O–H groups in total. The van der Waals surface area contributed by atoms with Gasteiger partial charge in [0.25, 0.3) is 0 Å². The summed E-state index contributed by atoms with van der Waals surface area (Å²) in [5.41, 5.74) is 6.04. The molecule has 1 fully saturated rings. The van der Waals surface area contributed by atoms with E-state index in [-0.39, 0.29) is 11.2 Å². The molecule has 0 radical (unpaired) electrons. The Bertz CT molecular complexity index is 648. The summed E-state index contributed by atoms with van der Waals surface area (Å²) in [6, 6.07) is 11.7. The molecule has 0 aliphatic carbocycles. The Morgan fingerprint density at radius 3 is 2.19 bits per heavy atom. The quantitative estimate of drug-likeness (QED) is 0.902. The van der Waals surface area contributed by atoms with Crippen LogP contribution in [0.1, 0.15) is 27.8 Å². The van der Waals surface area contributed by atoms with Crippen LogP contribution in [0.5, 0.6) is 0 Å². The minimum absolute atomic E-state index is 0.0820. The average Bonchev–Trinajstić information content (AvgIpc) is 2.37. The van der Waals surface area contributed by atoms with Gasteiger partial charge in [-0.2, -0.15) is 0 Å². The van der Waals surface area contributed by atoms with Gasteiger partial charge in [-0.1, -0.05) is 35.9 Å². The highest BCUT2D eigenvalue weighted by atomic mass is 19.1. The van der Waals surface area contributed by atoms with Crippen molar-refractivity contribution < 1.29 is 4.39 Å². The van der Waals surface area contributed by atoms with Gasteiger partial charge in [-0.15, -0.1) is 0 Å². The summed E-state index contributed by atoms with van der Waals surface area (Å²) in [5, 5.41) is 3.33. The Morgan fingerprint density at radius 2 is 1.67 bits per heavy atom. The lowest BCUT2D eigenvalue weighted by molar-refractivity contribution is 0.265. The number of aryl methyl sites for hydroxylation is 3. The number of rotatable bonds is 3. The van der Waals surface area contributed by atoms with Gasteiger partial charge in [-0.05, 0) is 55.5 Å². The lowest BCUT2D eigenvalue weighted by Gasteiger charge is -2.44. The normalized spacial score (nSPS) is 16.6. The molecule has 1 nitrogen and oxygen atoms in total. The predicted octanol–water partition coefficient (Wildman–Crippen LogP) is 3.83. The lowest BCUT2D eigenvalue weighted by Crippen LogP contribution is -2.58. The molecule has 0 spiro atoms. The molecule has 21 heavy (non-hydrogen) atoms. The number of benzene rings is 2. The summed E-state index contributed by atoms with van der Waals surface area (Å²) in [6.07, 6.45) is 0.902. The van der Waals surface area contributed by atoms with Crippen LogP contribution in [0.4, 0.5) is 4.39 Å². The van der Waals surface area contributed by atoms with Crippen molar-refractivity contribution in [2.45, 2.75) is 32.6 Å². The van der Waals surface area contributed by atoms with E-state index in [0.29, 0.717) is 0 Å². The van der Waals surface area contributed by atoms with Gasteiger partial charge < -0.3 is 5.32 Å². The maximum Gasteiger partial charge on any atom is 0.127 e. The van der Waals surface area contributed by atoms with Crippen molar-refractivity contribution in [2.24, 2.45) is 0 Å². The predicted molar refractivity (Wildman–Crippen MR) is 85.3 cm³/mol. The minimum Gasteiger partial charge on any atom is -0.315 e. The first-order chi connectivity index (χ1) is 10.0. The van der Waals surface area contributed by atoms with E-state index in [4.69, 9.17) is 0 Å². The van der Waals surface area contributed by atoms with Crippen LogP contribution in [0.25, 0.3) is 0 Å². The Hall–Kier alpha value is -1.67. The molecule has 1 aliphatic heterocycles. The second-order valence-electron chi connectivity index (χ2n) is 6.42. The molecule has 0 aromatic heterocycles. The molecule has 2 aromatic carbocycles. The highest BCUT2D eigenvalue weighted by Crippen LogP contribution is 2.36. The largest absolute Gasteiger partial charge is 0.315 e. The summed E-state index contributed by atoms with van der Waals surface area (Å²) in [7, 11) is 0. The third kappa shape index (κ3) is 2.49. The van der Waals surface area contributed by atoms with E-state index in [1.165, 1.54) is 22.3 Å². The van der Waals surface area contributed by atoms with Gasteiger partial charge >= 0.3 is 0 Å². The molecule has 1 saturated heterocycles. The van der Waals surface area contributed by atoms with Gasteiger partial charge in [0.2, 0.25) is 0 Å². The first kappa shape index (κ1) is 14.3. The Balaban J connectivity index is 2.01. The van der Waals surface area contributed by atoms with Crippen molar-refractivity contribution in [3.8, 4) is 0 Å². The van der Waals surface area contributed by atoms with Crippen LogP contribution in [0.15, 0.2) is 36.4 Å². The number of hydrogen-bond acceptors (Lipinski definition) is 1. The first-order valence-corrected chi connectivity index (χ1v) is 7.54.